The van der Waals surface area contributed by atoms with Gasteiger partial charge in [-0.15, -0.1) is 0 Å². The number of hydrogen-bond acceptors (Lipinski definition) is 0. The van der Waals surface area contributed by atoms with Gasteiger partial charge in [-0.3, -0.25) is 0 Å². The first-order valence-corrected chi connectivity index (χ1v) is 9.04. The van der Waals surface area contributed by atoms with Crippen molar-refractivity contribution in [1.29, 1.82) is 0 Å². The summed E-state index contributed by atoms with van der Waals surface area (Å²) in [7, 11) is 0. The number of alkyl halides is 1. The molecule has 1 heteroatoms. The normalized spacial score (nSPS) is 19.8. The van der Waals surface area contributed by atoms with Crippen LogP contribution in [0.25, 0.3) is 0 Å². The fourth-order valence-corrected chi connectivity index (χ4v) is 4.37. The standard InChI is InChI=1S/C19H29Br/c1-13(2)15-8-9-16(17(12-15)14(3)4)18(20)19(5)10-6-7-11-19/h8-9,12-14,18H,6-7,10-11H2,1-5H3. The lowest BCUT2D eigenvalue weighted by Gasteiger charge is -2.32. The third-order valence-electron chi connectivity index (χ3n) is 5.03. The van der Waals surface area contributed by atoms with Crippen molar-refractivity contribution >= 4 is 15.9 Å². The van der Waals surface area contributed by atoms with Crippen molar-refractivity contribution in [2.45, 2.75) is 77.0 Å². The minimum Gasteiger partial charge on any atom is -0.0833 e. The minimum atomic E-state index is 0.434. The third kappa shape index (κ3) is 3.13. The average Bonchev–Trinajstić information content (AvgIpc) is 2.85. The van der Waals surface area contributed by atoms with E-state index < -0.39 is 0 Å². The van der Waals surface area contributed by atoms with Gasteiger partial charge in [0.1, 0.15) is 0 Å². The Morgan fingerprint density at radius 2 is 1.55 bits per heavy atom. The number of hydrogen-bond donors (Lipinski definition) is 0. The van der Waals surface area contributed by atoms with Gasteiger partial charge < -0.3 is 0 Å². The van der Waals surface area contributed by atoms with E-state index in [-0.39, 0.29) is 0 Å². The van der Waals surface area contributed by atoms with E-state index in [1.165, 1.54) is 42.4 Å². The van der Waals surface area contributed by atoms with Crippen LogP contribution in [0.15, 0.2) is 18.2 Å². The van der Waals surface area contributed by atoms with Crippen molar-refractivity contribution in [3.05, 3.63) is 34.9 Å². The quantitative estimate of drug-likeness (QED) is 0.521. The summed E-state index contributed by atoms with van der Waals surface area (Å²) in [5.41, 5.74) is 4.96. The van der Waals surface area contributed by atoms with Crippen LogP contribution in [0.2, 0.25) is 0 Å². The summed E-state index contributed by atoms with van der Waals surface area (Å²) in [5.74, 6) is 1.20. The molecule has 1 fully saturated rings. The first-order valence-electron chi connectivity index (χ1n) is 8.13. The Balaban J connectivity index is 2.40. The maximum absolute atomic E-state index is 4.05. The Labute approximate surface area is 133 Å². The van der Waals surface area contributed by atoms with Gasteiger partial charge in [-0.25, -0.2) is 0 Å². The van der Waals surface area contributed by atoms with Crippen LogP contribution in [0.5, 0.6) is 0 Å². The highest BCUT2D eigenvalue weighted by Gasteiger charge is 2.37. The van der Waals surface area contributed by atoms with Crippen LogP contribution in [0.1, 0.15) is 93.7 Å². The largest absolute Gasteiger partial charge is 0.0833 e. The molecule has 20 heavy (non-hydrogen) atoms. The molecule has 0 saturated heterocycles. The van der Waals surface area contributed by atoms with Gasteiger partial charge in [0, 0.05) is 4.83 Å². The van der Waals surface area contributed by atoms with Gasteiger partial charge >= 0.3 is 0 Å². The van der Waals surface area contributed by atoms with E-state index in [2.05, 4.69) is 68.7 Å². The molecule has 0 N–H and O–H groups in total. The molecule has 112 valence electrons. The molecule has 0 aromatic heterocycles. The van der Waals surface area contributed by atoms with E-state index in [4.69, 9.17) is 0 Å². The molecular formula is C19H29Br. The van der Waals surface area contributed by atoms with Crippen LogP contribution in [0.4, 0.5) is 0 Å². The van der Waals surface area contributed by atoms with E-state index in [9.17, 15) is 0 Å². The maximum atomic E-state index is 4.05. The predicted octanol–water partition coefficient (Wildman–Crippen LogP) is 6.95. The van der Waals surface area contributed by atoms with Crippen LogP contribution < -0.4 is 0 Å². The molecule has 2 rings (SSSR count). The molecule has 0 bridgehead atoms. The maximum Gasteiger partial charge on any atom is 0.0451 e. The first kappa shape index (κ1) is 16.1. The molecule has 0 heterocycles. The van der Waals surface area contributed by atoms with Gasteiger partial charge in [-0.2, -0.15) is 0 Å². The summed E-state index contributed by atoms with van der Waals surface area (Å²) in [6.45, 7) is 11.7. The van der Waals surface area contributed by atoms with Crippen LogP contribution in [-0.4, -0.2) is 0 Å². The lowest BCUT2D eigenvalue weighted by molar-refractivity contribution is 0.330. The van der Waals surface area contributed by atoms with Crippen molar-refractivity contribution in [3.63, 3.8) is 0 Å². The second kappa shape index (κ2) is 6.22. The smallest absolute Gasteiger partial charge is 0.0451 e. The molecule has 1 atom stereocenters. The Hall–Kier alpha value is -0.300. The van der Waals surface area contributed by atoms with Gasteiger partial charge in [-0.1, -0.05) is 81.6 Å². The summed E-state index contributed by atoms with van der Waals surface area (Å²) in [4.78, 5) is 0.496. The monoisotopic (exact) mass is 336 g/mol. The molecule has 0 amide bonds. The van der Waals surface area contributed by atoms with Crippen LogP contribution in [-0.2, 0) is 0 Å². The number of rotatable bonds is 4. The van der Waals surface area contributed by atoms with E-state index in [0.29, 0.717) is 22.1 Å². The lowest BCUT2D eigenvalue weighted by Crippen LogP contribution is -2.19. The third-order valence-corrected chi connectivity index (χ3v) is 6.63. The second-order valence-corrected chi connectivity index (χ2v) is 8.34. The summed E-state index contributed by atoms with van der Waals surface area (Å²) >= 11 is 4.05. The van der Waals surface area contributed by atoms with Crippen molar-refractivity contribution in [1.82, 2.24) is 0 Å². The molecule has 0 aliphatic heterocycles. The Morgan fingerprint density at radius 3 is 2.05 bits per heavy atom. The van der Waals surface area contributed by atoms with Gasteiger partial charge in [0.05, 0.1) is 0 Å². The number of benzene rings is 1. The molecule has 1 aliphatic carbocycles. The van der Waals surface area contributed by atoms with E-state index in [0.717, 1.165) is 0 Å². The van der Waals surface area contributed by atoms with Gasteiger partial charge in [-0.05, 0) is 46.8 Å². The highest BCUT2D eigenvalue weighted by Crippen LogP contribution is 2.52. The van der Waals surface area contributed by atoms with Crippen LogP contribution in [0, 0.1) is 5.41 Å². The van der Waals surface area contributed by atoms with Crippen molar-refractivity contribution in [2.75, 3.05) is 0 Å². The lowest BCUT2D eigenvalue weighted by atomic mass is 9.78. The van der Waals surface area contributed by atoms with Crippen molar-refractivity contribution < 1.29 is 0 Å². The summed E-state index contributed by atoms with van der Waals surface area (Å²) in [6.07, 6.45) is 5.48. The van der Waals surface area contributed by atoms with Crippen molar-refractivity contribution in [2.24, 2.45) is 5.41 Å². The fraction of sp³-hybridized carbons (Fsp3) is 0.684. The van der Waals surface area contributed by atoms with E-state index >= 15 is 0 Å². The molecular weight excluding hydrogens is 308 g/mol. The molecule has 0 spiro atoms. The molecule has 1 aromatic rings. The molecule has 0 nitrogen and oxygen atoms in total. The number of halogens is 1. The second-order valence-electron chi connectivity index (χ2n) is 7.42. The molecule has 1 saturated carbocycles. The summed E-state index contributed by atoms with van der Waals surface area (Å²) in [5, 5.41) is 0. The fourth-order valence-electron chi connectivity index (χ4n) is 3.49. The summed E-state index contributed by atoms with van der Waals surface area (Å²) in [6, 6.07) is 7.16. The molecule has 1 unspecified atom stereocenters. The topological polar surface area (TPSA) is 0 Å². The Bertz CT molecular complexity index is 453. The zero-order chi connectivity index (χ0) is 14.9. The summed E-state index contributed by atoms with van der Waals surface area (Å²) < 4.78 is 0. The molecule has 0 radical (unpaired) electrons. The Morgan fingerprint density at radius 1 is 0.950 bits per heavy atom. The zero-order valence-corrected chi connectivity index (χ0v) is 15.3. The first-order chi connectivity index (χ1) is 9.35. The van der Waals surface area contributed by atoms with Crippen molar-refractivity contribution in [3.8, 4) is 0 Å². The van der Waals surface area contributed by atoms with Gasteiger partial charge in [0.15, 0.2) is 0 Å². The van der Waals surface area contributed by atoms with Crippen LogP contribution in [0.3, 0.4) is 0 Å². The van der Waals surface area contributed by atoms with Gasteiger partial charge in [0.25, 0.3) is 0 Å². The predicted molar refractivity (Wildman–Crippen MR) is 92.9 cm³/mol. The minimum absolute atomic E-state index is 0.434. The van der Waals surface area contributed by atoms with Crippen LogP contribution >= 0.6 is 15.9 Å². The highest BCUT2D eigenvalue weighted by molar-refractivity contribution is 9.09. The highest BCUT2D eigenvalue weighted by atomic mass is 79.9. The van der Waals surface area contributed by atoms with E-state index in [1.54, 1.807) is 0 Å². The van der Waals surface area contributed by atoms with E-state index in [1.807, 2.05) is 0 Å². The molecule has 1 aromatic carbocycles. The molecule has 1 aliphatic rings. The SMILES string of the molecule is CC(C)c1ccc(C(Br)C2(C)CCCC2)c(C(C)C)c1. The zero-order valence-electron chi connectivity index (χ0n) is 13.7. The average molecular weight is 337 g/mol. The van der Waals surface area contributed by atoms with Gasteiger partial charge in [0.2, 0.25) is 0 Å². The Kier molecular flexibility index (Phi) is 5.00.